The number of halogens is 3. The van der Waals surface area contributed by atoms with Crippen molar-refractivity contribution in [1.82, 2.24) is 4.90 Å². The van der Waals surface area contributed by atoms with Crippen molar-refractivity contribution < 1.29 is 47.2 Å². The van der Waals surface area contributed by atoms with Gasteiger partial charge in [-0.3, -0.25) is 14.4 Å². The van der Waals surface area contributed by atoms with E-state index in [1.54, 1.807) is 12.0 Å². The van der Waals surface area contributed by atoms with Crippen LogP contribution in [0.15, 0.2) is 48.1 Å². The van der Waals surface area contributed by atoms with Crippen LogP contribution < -0.4 is 0 Å². The lowest BCUT2D eigenvalue weighted by Crippen LogP contribution is -2.68. The van der Waals surface area contributed by atoms with E-state index >= 15 is 0 Å². The molecule has 10 atom stereocenters. The number of nitrogens with zero attached hydrogens (tertiary/aromatic N) is 1. The summed E-state index contributed by atoms with van der Waals surface area (Å²) in [5.41, 5.74) is -7.43. The van der Waals surface area contributed by atoms with Gasteiger partial charge in [0.1, 0.15) is 0 Å². The second-order valence-corrected chi connectivity index (χ2v) is 19.5. The Labute approximate surface area is 321 Å². The number of aliphatic hydroxyl groups is 2. The summed E-state index contributed by atoms with van der Waals surface area (Å²) in [6, 6.07) is 4.64. The Hall–Kier alpha value is -3.02. The van der Waals surface area contributed by atoms with Gasteiger partial charge < -0.3 is 24.6 Å². The van der Waals surface area contributed by atoms with E-state index in [9.17, 15) is 37.8 Å². The number of hydrogen-bond acceptors (Lipinski definition) is 7. The number of aliphatic hydroxyl groups excluding tert-OH is 1. The highest BCUT2D eigenvalue weighted by Crippen LogP contribution is 2.78. The molecule has 5 fully saturated rings. The Balaban J connectivity index is 1.20. The number of ether oxygens (including phenoxy) is 2. The minimum Gasteiger partial charge on any atom is -0.448 e. The summed E-state index contributed by atoms with van der Waals surface area (Å²) in [7, 11) is 1.60. The van der Waals surface area contributed by atoms with Crippen molar-refractivity contribution in [2.45, 2.75) is 122 Å². The average Bonchev–Trinajstić information content (AvgIpc) is 3.58. The Morgan fingerprint density at radius 3 is 2.31 bits per heavy atom. The molecule has 1 aliphatic heterocycles. The first kappa shape index (κ1) is 38.8. The highest BCUT2D eigenvalue weighted by Gasteiger charge is 2.78. The van der Waals surface area contributed by atoms with Crippen molar-refractivity contribution in [3.63, 3.8) is 0 Å². The zero-order chi connectivity index (χ0) is 39.8. The quantitative estimate of drug-likeness (QED) is 0.116. The number of fused-ring (bicyclic) bond motifs is 3. The SMILES string of the molecule is COCCCN(C[C@]1(O)CC[C@H]2[C@]34C=C[C@@]5(C=C3C(=O)c3cccc(C(F)(F)F)c3)CC(O)CC[C@]5(C)[C@H]4CC[C@@]21C)C(=O)[C@@]12CC[C@@](C)(C(=O)O1)C2(C)C. The number of ketones is 1. The van der Waals surface area contributed by atoms with Gasteiger partial charge in [0.2, 0.25) is 0 Å². The van der Waals surface area contributed by atoms with Gasteiger partial charge in [-0.25, -0.2) is 0 Å². The highest BCUT2D eigenvalue weighted by molar-refractivity contribution is 6.10. The first-order valence-electron chi connectivity index (χ1n) is 20.2. The first-order chi connectivity index (χ1) is 25.6. The molecule has 7 aliphatic carbocycles. The van der Waals surface area contributed by atoms with Gasteiger partial charge >= 0.3 is 12.1 Å². The Kier molecular flexibility index (Phi) is 8.48. The van der Waals surface area contributed by atoms with Crippen LogP contribution in [0.1, 0.15) is 115 Å². The number of carbonyl (C=O) groups excluding carboxylic acids is 3. The predicted molar refractivity (Wildman–Crippen MR) is 197 cm³/mol. The molecule has 1 saturated heterocycles. The van der Waals surface area contributed by atoms with Crippen LogP contribution >= 0.6 is 0 Å². The van der Waals surface area contributed by atoms with Crippen LogP contribution in [0.3, 0.4) is 0 Å². The first-order valence-corrected chi connectivity index (χ1v) is 20.2. The lowest BCUT2D eigenvalue weighted by atomic mass is 9.32. The van der Waals surface area contributed by atoms with E-state index < -0.39 is 61.9 Å². The molecule has 9 rings (SSSR count). The fourth-order valence-electron chi connectivity index (χ4n) is 13.5. The normalized spacial score (nSPS) is 43.4. The number of methoxy groups -OCH3 is 1. The van der Waals surface area contributed by atoms with E-state index in [-0.39, 0.29) is 47.8 Å². The number of benzene rings is 1. The van der Waals surface area contributed by atoms with Crippen LogP contribution in [0.5, 0.6) is 0 Å². The lowest BCUT2D eigenvalue weighted by molar-refractivity contribution is -0.187. The minimum absolute atomic E-state index is 0.00707. The molecule has 1 unspecified atom stereocenters. The number of alkyl halides is 3. The number of rotatable bonds is 9. The molecule has 55 heavy (non-hydrogen) atoms. The summed E-state index contributed by atoms with van der Waals surface area (Å²) in [4.78, 5) is 44.7. The molecule has 1 heterocycles. The Morgan fingerprint density at radius 2 is 1.65 bits per heavy atom. The Bertz CT molecular complexity index is 1890. The third-order valence-corrected chi connectivity index (χ3v) is 17.4. The molecule has 1 aromatic rings. The van der Waals surface area contributed by atoms with Gasteiger partial charge in [-0.05, 0) is 101 Å². The van der Waals surface area contributed by atoms with E-state index in [1.165, 1.54) is 12.1 Å². The zero-order valence-corrected chi connectivity index (χ0v) is 33.0. The van der Waals surface area contributed by atoms with Crippen LogP contribution in [-0.2, 0) is 25.2 Å². The number of allylic oxidation sites excluding steroid dienone is 4. The molecule has 8 nitrogen and oxygen atoms in total. The van der Waals surface area contributed by atoms with Gasteiger partial charge in [-0.15, -0.1) is 0 Å². The third-order valence-electron chi connectivity index (χ3n) is 17.4. The van der Waals surface area contributed by atoms with E-state index in [0.717, 1.165) is 18.6 Å². The van der Waals surface area contributed by atoms with Gasteiger partial charge in [0.15, 0.2) is 11.4 Å². The van der Waals surface area contributed by atoms with Crippen LogP contribution in [-0.4, -0.2) is 76.9 Å². The maximum absolute atomic E-state index is 14.9. The van der Waals surface area contributed by atoms with Gasteiger partial charge in [0.05, 0.1) is 29.2 Å². The molecule has 1 aromatic carbocycles. The summed E-state index contributed by atoms with van der Waals surface area (Å²) in [5.74, 6) is -1.45. The molecule has 0 aromatic heterocycles. The van der Waals surface area contributed by atoms with E-state index in [1.807, 2.05) is 26.8 Å². The summed E-state index contributed by atoms with van der Waals surface area (Å²) >= 11 is 0. The summed E-state index contributed by atoms with van der Waals surface area (Å²) in [6.45, 7) is 10.7. The molecule has 8 aliphatic rings. The number of amides is 1. The number of Topliss-reactive ketones (excluding diaryl/α,β-unsaturated/α-hetero) is 1. The molecular weight excluding hydrogens is 711 g/mol. The number of hydrogen-bond donors (Lipinski definition) is 2. The molecular formula is C44H56F3NO7. The van der Waals surface area contributed by atoms with Crippen molar-refractivity contribution in [2.75, 3.05) is 26.8 Å². The molecule has 4 bridgehead atoms. The molecule has 4 saturated carbocycles. The second-order valence-electron chi connectivity index (χ2n) is 19.5. The van der Waals surface area contributed by atoms with Crippen molar-refractivity contribution in [3.05, 3.63) is 59.2 Å². The third kappa shape index (κ3) is 4.78. The van der Waals surface area contributed by atoms with E-state index in [2.05, 4.69) is 26.0 Å². The molecule has 11 heteroatoms. The molecule has 300 valence electrons. The average molecular weight is 768 g/mol. The van der Waals surface area contributed by atoms with Gasteiger partial charge in [0.25, 0.3) is 5.91 Å². The van der Waals surface area contributed by atoms with E-state index in [0.29, 0.717) is 70.0 Å². The van der Waals surface area contributed by atoms with Gasteiger partial charge in [-0.1, -0.05) is 58.1 Å². The molecule has 2 N–H and O–H groups in total. The fraction of sp³-hybridized carbons (Fsp3) is 0.705. The maximum Gasteiger partial charge on any atom is 0.416 e. The van der Waals surface area contributed by atoms with Crippen molar-refractivity contribution >= 4 is 17.7 Å². The van der Waals surface area contributed by atoms with Crippen molar-refractivity contribution in [3.8, 4) is 0 Å². The molecule has 0 radical (unpaired) electrons. The number of esters is 1. The smallest absolute Gasteiger partial charge is 0.416 e. The molecule has 2 spiro atoms. The van der Waals surface area contributed by atoms with Crippen LogP contribution in [0.25, 0.3) is 0 Å². The van der Waals surface area contributed by atoms with Crippen LogP contribution in [0.2, 0.25) is 0 Å². The fourth-order valence-corrected chi connectivity index (χ4v) is 13.5. The topological polar surface area (TPSA) is 113 Å². The van der Waals surface area contributed by atoms with Gasteiger partial charge in [-0.2, -0.15) is 13.2 Å². The predicted octanol–water partition coefficient (Wildman–Crippen LogP) is 7.47. The summed E-state index contributed by atoms with van der Waals surface area (Å²) in [6.07, 6.45) is 6.48. The minimum atomic E-state index is -4.62. The van der Waals surface area contributed by atoms with Crippen LogP contribution in [0, 0.1) is 44.3 Å². The highest BCUT2D eigenvalue weighted by atomic mass is 19.4. The summed E-state index contributed by atoms with van der Waals surface area (Å²) < 4.78 is 53.3. The lowest BCUT2D eigenvalue weighted by Gasteiger charge is -2.71. The zero-order valence-electron chi connectivity index (χ0n) is 33.0. The van der Waals surface area contributed by atoms with Crippen molar-refractivity contribution in [2.24, 2.45) is 44.3 Å². The van der Waals surface area contributed by atoms with E-state index in [4.69, 9.17) is 9.47 Å². The monoisotopic (exact) mass is 767 g/mol. The Morgan fingerprint density at radius 1 is 0.964 bits per heavy atom. The molecule has 1 amide bonds. The van der Waals surface area contributed by atoms with Gasteiger partial charge in [0, 0.05) is 53.1 Å². The van der Waals surface area contributed by atoms with Crippen molar-refractivity contribution in [1.29, 1.82) is 0 Å². The summed E-state index contributed by atoms with van der Waals surface area (Å²) in [5, 5.41) is 24.2. The second kappa shape index (κ2) is 12.0. The number of carbonyl (C=O) groups is 3. The standard InChI is InChI=1S/C44H56F3NO7/c1-36(2)39(5)17-20-43(36,55-35(39)52)34(51)48(21-8-22-54-6)26-41(53)16-13-32-38(41,4)15-12-31-37(3)14-11-29(49)24-40(37)18-19-42(31,32)30(25-40)33(50)27-9-7-10-28(23-27)44(45,46)47/h7,9-10,18-19,23,25,29,31-32,49,53H,8,11-17,20-22,24,26H2,1-6H3/t29?,31-,32-,37-,38+,39+,40+,41-,42-,43-/m1/s1. The largest absolute Gasteiger partial charge is 0.448 e. The maximum atomic E-state index is 14.9. The van der Waals surface area contributed by atoms with Crippen LogP contribution in [0.4, 0.5) is 13.2 Å².